The third-order valence-corrected chi connectivity index (χ3v) is 1.58. The Morgan fingerprint density at radius 2 is 2.00 bits per heavy atom. The van der Waals surface area contributed by atoms with E-state index in [1.165, 1.54) is 12.8 Å². The summed E-state index contributed by atoms with van der Waals surface area (Å²) >= 11 is 0. The average molecular weight is 159 g/mol. The Bertz CT molecular complexity index is 73.7. The molecule has 0 spiro atoms. The summed E-state index contributed by atoms with van der Waals surface area (Å²) < 4.78 is 0. The van der Waals surface area contributed by atoms with Crippen LogP contribution >= 0.6 is 0 Å². The van der Waals surface area contributed by atoms with Crippen LogP contribution in [0.5, 0.6) is 0 Å². The molecule has 0 fully saturated rings. The molecule has 0 radical (unpaired) electrons. The molecule has 0 aliphatic carbocycles. The Balaban J connectivity index is 2.80. The molecule has 0 aromatic carbocycles. The van der Waals surface area contributed by atoms with Crippen LogP contribution in [0.1, 0.15) is 26.2 Å². The third kappa shape index (κ3) is 9.88. The molecule has 0 rings (SSSR count). The number of hydrogen-bond donors (Lipinski definition) is 3. The monoisotopic (exact) mass is 159 g/mol. The first-order chi connectivity index (χ1) is 5.27. The van der Waals surface area contributed by atoms with E-state index < -0.39 is 0 Å². The van der Waals surface area contributed by atoms with Crippen LogP contribution in [-0.2, 0) is 0 Å². The van der Waals surface area contributed by atoms with E-state index in [0.29, 0.717) is 6.04 Å². The van der Waals surface area contributed by atoms with Gasteiger partial charge in [-0.1, -0.05) is 6.42 Å². The van der Waals surface area contributed by atoms with E-state index >= 15 is 0 Å². The molecule has 1 atom stereocenters. The van der Waals surface area contributed by atoms with Gasteiger partial charge in [-0.25, -0.2) is 0 Å². The lowest BCUT2D eigenvalue weighted by Crippen LogP contribution is -2.23. The van der Waals surface area contributed by atoms with Gasteiger partial charge in [0.25, 0.3) is 0 Å². The van der Waals surface area contributed by atoms with Gasteiger partial charge in [0.1, 0.15) is 0 Å². The molecule has 1 unspecified atom stereocenters. The lowest BCUT2D eigenvalue weighted by atomic mass is 10.1. The van der Waals surface area contributed by atoms with Crippen LogP contribution in [-0.4, -0.2) is 25.7 Å². The van der Waals surface area contributed by atoms with Crippen molar-refractivity contribution in [1.29, 1.82) is 0 Å². The summed E-state index contributed by atoms with van der Waals surface area (Å²) in [6.07, 6.45) is 3.56. The Kier molecular flexibility index (Phi) is 7.89. The maximum atomic E-state index is 5.59. The fourth-order valence-electron chi connectivity index (χ4n) is 0.943. The highest BCUT2D eigenvalue weighted by Crippen LogP contribution is 1.96. The lowest BCUT2D eigenvalue weighted by Gasteiger charge is -2.04. The summed E-state index contributed by atoms with van der Waals surface area (Å²) in [4.78, 5) is 0. The third-order valence-electron chi connectivity index (χ3n) is 1.58. The van der Waals surface area contributed by atoms with Crippen LogP contribution in [0, 0.1) is 0 Å². The van der Waals surface area contributed by atoms with E-state index in [1.807, 2.05) is 6.92 Å². The predicted octanol–water partition coefficient (Wildman–Crippen LogP) is 0.0522. The van der Waals surface area contributed by atoms with Crippen molar-refractivity contribution >= 4 is 0 Å². The van der Waals surface area contributed by atoms with Crippen molar-refractivity contribution in [2.45, 2.75) is 32.2 Å². The molecule has 11 heavy (non-hydrogen) atoms. The normalized spacial score (nSPS) is 13.4. The Hall–Kier alpha value is -0.120. The first kappa shape index (κ1) is 10.9. The van der Waals surface area contributed by atoms with E-state index in [9.17, 15) is 0 Å². The van der Waals surface area contributed by atoms with Crippen molar-refractivity contribution in [3.63, 3.8) is 0 Å². The highest BCUT2D eigenvalue weighted by molar-refractivity contribution is 4.54. The molecule has 68 valence electrons. The van der Waals surface area contributed by atoms with Crippen molar-refractivity contribution in [2.75, 3.05) is 19.6 Å². The minimum absolute atomic E-state index is 0.351. The highest BCUT2D eigenvalue weighted by atomic mass is 14.9. The van der Waals surface area contributed by atoms with Crippen molar-refractivity contribution in [3.8, 4) is 0 Å². The standard InChI is InChI=1S/C8H21N3/c1-8(10)4-2-3-6-11-7-5-9/h8,11H,2-7,9-10H2,1H3. The first-order valence-electron chi connectivity index (χ1n) is 4.43. The van der Waals surface area contributed by atoms with Gasteiger partial charge in [-0.15, -0.1) is 0 Å². The number of nitrogens with two attached hydrogens (primary N) is 2. The summed E-state index contributed by atoms with van der Waals surface area (Å²) in [5.74, 6) is 0. The average Bonchev–Trinajstić information content (AvgIpc) is 1.96. The summed E-state index contributed by atoms with van der Waals surface area (Å²) in [6.45, 7) is 4.78. The number of unbranched alkanes of at least 4 members (excludes halogenated alkanes) is 1. The van der Waals surface area contributed by atoms with Crippen LogP contribution in [0.2, 0.25) is 0 Å². The minimum Gasteiger partial charge on any atom is -0.329 e. The molecule has 0 aromatic rings. The topological polar surface area (TPSA) is 64.1 Å². The van der Waals surface area contributed by atoms with Crippen LogP contribution in [0.25, 0.3) is 0 Å². The molecule has 3 nitrogen and oxygen atoms in total. The number of nitrogens with one attached hydrogen (secondary N) is 1. The van der Waals surface area contributed by atoms with E-state index in [0.717, 1.165) is 26.1 Å². The molecular weight excluding hydrogens is 138 g/mol. The van der Waals surface area contributed by atoms with Gasteiger partial charge in [0.2, 0.25) is 0 Å². The molecule has 0 heterocycles. The lowest BCUT2D eigenvalue weighted by molar-refractivity contribution is 0.566. The van der Waals surface area contributed by atoms with Gasteiger partial charge in [0, 0.05) is 19.1 Å². The fraction of sp³-hybridized carbons (Fsp3) is 1.00. The van der Waals surface area contributed by atoms with Crippen LogP contribution in [0.15, 0.2) is 0 Å². The molecular formula is C8H21N3. The summed E-state index contributed by atoms with van der Waals surface area (Å²) in [7, 11) is 0. The van der Waals surface area contributed by atoms with E-state index in [4.69, 9.17) is 11.5 Å². The number of hydrogen-bond acceptors (Lipinski definition) is 3. The van der Waals surface area contributed by atoms with E-state index in [-0.39, 0.29) is 0 Å². The largest absolute Gasteiger partial charge is 0.329 e. The molecule has 0 bridgehead atoms. The van der Waals surface area contributed by atoms with Gasteiger partial charge in [-0.05, 0) is 26.3 Å². The Morgan fingerprint density at radius 1 is 1.27 bits per heavy atom. The maximum Gasteiger partial charge on any atom is 0.00745 e. The molecule has 0 saturated heterocycles. The van der Waals surface area contributed by atoms with Gasteiger partial charge >= 0.3 is 0 Å². The van der Waals surface area contributed by atoms with Gasteiger partial charge in [-0.2, -0.15) is 0 Å². The Labute approximate surface area is 69.5 Å². The summed E-state index contributed by atoms with van der Waals surface area (Å²) in [5, 5.41) is 3.24. The zero-order valence-electron chi connectivity index (χ0n) is 7.47. The molecule has 0 aliphatic rings. The zero-order valence-corrected chi connectivity index (χ0v) is 7.47. The molecule has 5 N–H and O–H groups in total. The second-order valence-electron chi connectivity index (χ2n) is 3.01. The fourth-order valence-corrected chi connectivity index (χ4v) is 0.943. The molecule has 0 aromatic heterocycles. The van der Waals surface area contributed by atoms with Gasteiger partial charge in [0.15, 0.2) is 0 Å². The highest BCUT2D eigenvalue weighted by Gasteiger charge is 1.92. The minimum atomic E-state index is 0.351. The second-order valence-corrected chi connectivity index (χ2v) is 3.01. The van der Waals surface area contributed by atoms with Crippen molar-refractivity contribution in [2.24, 2.45) is 11.5 Å². The molecule has 0 amide bonds. The smallest absolute Gasteiger partial charge is 0.00745 e. The zero-order chi connectivity index (χ0) is 8.53. The molecule has 0 aliphatic heterocycles. The summed E-state index contributed by atoms with van der Waals surface area (Å²) in [6, 6.07) is 0.351. The number of rotatable bonds is 7. The van der Waals surface area contributed by atoms with Crippen molar-refractivity contribution in [1.82, 2.24) is 5.32 Å². The van der Waals surface area contributed by atoms with Gasteiger partial charge in [0.05, 0.1) is 0 Å². The first-order valence-corrected chi connectivity index (χ1v) is 4.43. The van der Waals surface area contributed by atoms with Crippen LogP contribution in [0.4, 0.5) is 0 Å². The predicted molar refractivity (Wildman–Crippen MR) is 49.4 cm³/mol. The van der Waals surface area contributed by atoms with E-state index in [1.54, 1.807) is 0 Å². The SMILES string of the molecule is CC(N)CCCCNCCN. The van der Waals surface area contributed by atoms with Crippen molar-refractivity contribution < 1.29 is 0 Å². The maximum absolute atomic E-state index is 5.59. The van der Waals surface area contributed by atoms with Crippen LogP contribution in [0.3, 0.4) is 0 Å². The Morgan fingerprint density at radius 3 is 2.55 bits per heavy atom. The quantitative estimate of drug-likeness (QED) is 0.460. The van der Waals surface area contributed by atoms with E-state index in [2.05, 4.69) is 5.32 Å². The van der Waals surface area contributed by atoms with Crippen LogP contribution < -0.4 is 16.8 Å². The second kappa shape index (κ2) is 7.98. The molecule has 0 saturated carbocycles. The van der Waals surface area contributed by atoms with Crippen molar-refractivity contribution in [3.05, 3.63) is 0 Å². The molecule has 3 heteroatoms. The summed E-state index contributed by atoms with van der Waals surface area (Å²) in [5.41, 5.74) is 10.9. The van der Waals surface area contributed by atoms with Gasteiger partial charge in [-0.3, -0.25) is 0 Å². The van der Waals surface area contributed by atoms with Gasteiger partial charge < -0.3 is 16.8 Å².